The first kappa shape index (κ1) is 16.0. The smallest absolute Gasteiger partial charge is 0.310 e. The van der Waals surface area contributed by atoms with Crippen molar-refractivity contribution in [2.45, 2.75) is 58.3 Å². The molecule has 1 unspecified atom stereocenters. The topological polar surface area (TPSA) is 12.0 Å². The van der Waals surface area contributed by atoms with Crippen molar-refractivity contribution in [2.24, 2.45) is 0 Å². The summed E-state index contributed by atoms with van der Waals surface area (Å²) in [7, 11) is 0. The number of hydrogen-bond donors (Lipinski definition) is 1. The predicted octanol–water partition coefficient (Wildman–Crippen LogP) is 4.76. The Labute approximate surface area is 113 Å². The first-order valence-electron chi connectivity index (χ1n) is 6.86. The van der Waals surface area contributed by atoms with Gasteiger partial charge in [-0.05, 0) is 24.5 Å². The Morgan fingerprint density at radius 3 is 2.53 bits per heavy atom. The van der Waals surface area contributed by atoms with Gasteiger partial charge in [0.2, 0.25) is 0 Å². The summed E-state index contributed by atoms with van der Waals surface area (Å²) in [4.78, 5) is 0. The molecule has 0 spiro atoms. The Bertz CT molecular complexity index is 374. The second-order valence-corrected chi connectivity index (χ2v) is 4.83. The molecule has 0 heterocycles. The van der Waals surface area contributed by atoms with Gasteiger partial charge in [-0.3, -0.25) is 0 Å². The highest BCUT2D eigenvalue weighted by molar-refractivity contribution is 5.25. The van der Waals surface area contributed by atoms with Gasteiger partial charge in [0.15, 0.2) is 0 Å². The van der Waals surface area contributed by atoms with E-state index < -0.39 is 11.7 Å². The minimum atomic E-state index is -4.26. The average Bonchev–Trinajstić information content (AvgIpc) is 2.38. The highest BCUT2D eigenvalue weighted by Gasteiger charge is 2.30. The highest BCUT2D eigenvalue weighted by atomic mass is 19.4. The molecule has 1 nitrogen and oxygen atoms in total. The third kappa shape index (κ3) is 5.64. The van der Waals surface area contributed by atoms with Gasteiger partial charge in [-0.25, -0.2) is 0 Å². The standard InChI is InChI=1S/C15H22F3N/c1-3-5-9-14(4-2)19-11-12-7-6-8-13(10-12)15(16,17)18/h6-8,10,14,19H,3-5,9,11H2,1-2H3. The maximum Gasteiger partial charge on any atom is 0.416 e. The van der Waals surface area contributed by atoms with Crippen molar-refractivity contribution in [3.63, 3.8) is 0 Å². The van der Waals surface area contributed by atoms with E-state index in [0.717, 1.165) is 31.7 Å². The van der Waals surface area contributed by atoms with Crippen LogP contribution in [0.3, 0.4) is 0 Å². The maximum atomic E-state index is 12.6. The Kier molecular flexibility index (Phi) is 6.35. The normalized spacial score (nSPS) is 13.5. The van der Waals surface area contributed by atoms with Gasteiger partial charge in [0, 0.05) is 12.6 Å². The molecule has 0 saturated heterocycles. The van der Waals surface area contributed by atoms with Crippen molar-refractivity contribution in [3.05, 3.63) is 35.4 Å². The number of nitrogens with one attached hydrogen (secondary N) is 1. The molecule has 1 atom stereocenters. The lowest BCUT2D eigenvalue weighted by molar-refractivity contribution is -0.137. The van der Waals surface area contributed by atoms with Crippen molar-refractivity contribution >= 4 is 0 Å². The molecule has 0 aliphatic rings. The zero-order valence-corrected chi connectivity index (χ0v) is 11.6. The quantitative estimate of drug-likeness (QED) is 0.755. The summed E-state index contributed by atoms with van der Waals surface area (Å²) in [5.41, 5.74) is 0.109. The number of alkyl halides is 3. The van der Waals surface area contributed by atoms with Gasteiger partial charge in [-0.15, -0.1) is 0 Å². The van der Waals surface area contributed by atoms with E-state index in [1.54, 1.807) is 6.07 Å². The first-order valence-corrected chi connectivity index (χ1v) is 6.86. The largest absolute Gasteiger partial charge is 0.416 e. The summed E-state index contributed by atoms with van der Waals surface area (Å²) >= 11 is 0. The summed E-state index contributed by atoms with van der Waals surface area (Å²) in [5, 5.41) is 3.33. The predicted molar refractivity (Wildman–Crippen MR) is 71.9 cm³/mol. The zero-order valence-electron chi connectivity index (χ0n) is 11.6. The summed E-state index contributed by atoms with van der Waals surface area (Å²) in [6, 6.07) is 5.91. The minimum absolute atomic E-state index is 0.384. The van der Waals surface area contributed by atoms with E-state index in [1.165, 1.54) is 12.1 Å². The third-order valence-electron chi connectivity index (χ3n) is 3.25. The van der Waals surface area contributed by atoms with Gasteiger partial charge in [0.1, 0.15) is 0 Å². The molecule has 0 saturated carbocycles. The molecule has 0 fully saturated rings. The second kappa shape index (κ2) is 7.53. The monoisotopic (exact) mass is 273 g/mol. The Morgan fingerprint density at radius 2 is 1.95 bits per heavy atom. The molecule has 0 aliphatic heterocycles. The molecule has 0 aromatic heterocycles. The van der Waals surface area contributed by atoms with Crippen LogP contribution in [-0.4, -0.2) is 6.04 Å². The van der Waals surface area contributed by atoms with E-state index in [9.17, 15) is 13.2 Å². The Hall–Kier alpha value is -1.03. The van der Waals surface area contributed by atoms with Crippen molar-refractivity contribution in [3.8, 4) is 0 Å². The number of benzene rings is 1. The van der Waals surface area contributed by atoms with E-state index in [2.05, 4.69) is 19.2 Å². The molecule has 0 radical (unpaired) electrons. The van der Waals surface area contributed by atoms with Gasteiger partial charge in [-0.2, -0.15) is 13.2 Å². The van der Waals surface area contributed by atoms with Gasteiger partial charge in [0.25, 0.3) is 0 Å². The summed E-state index contributed by atoms with van der Waals surface area (Å²) < 4.78 is 37.7. The van der Waals surface area contributed by atoms with E-state index in [4.69, 9.17) is 0 Å². The van der Waals surface area contributed by atoms with Crippen molar-refractivity contribution in [2.75, 3.05) is 0 Å². The molecule has 1 aromatic carbocycles. The van der Waals surface area contributed by atoms with Gasteiger partial charge >= 0.3 is 6.18 Å². The molecule has 1 aromatic rings. The summed E-state index contributed by atoms with van der Waals surface area (Å²) in [6.45, 7) is 4.73. The number of rotatable bonds is 7. The minimum Gasteiger partial charge on any atom is -0.310 e. The van der Waals surface area contributed by atoms with E-state index in [0.29, 0.717) is 18.2 Å². The van der Waals surface area contributed by atoms with Crippen molar-refractivity contribution < 1.29 is 13.2 Å². The van der Waals surface area contributed by atoms with Gasteiger partial charge < -0.3 is 5.32 Å². The summed E-state index contributed by atoms with van der Waals surface area (Å²) in [5.74, 6) is 0. The average molecular weight is 273 g/mol. The molecule has 108 valence electrons. The van der Waals surface area contributed by atoms with Crippen LogP contribution in [0.25, 0.3) is 0 Å². The SMILES string of the molecule is CCCCC(CC)NCc1cccc(C(F)(F)F)c1. The molecule has 0 aliphatic carbocycles. The van der Waals surface area contributed by atoms with E-state index >= 15 is 0 Å². The molecule has 1 rings (SSSR count). The van der Waals surface area contributed by atoms with Crippen LogP contribution in [0.5, 0.6) is 0 Å². The zero-order chi connectivity index (χ0) is 14.3. The fourth-order valence-corrected chi connectivity index (χ4v) is 2.02. The van der Waals surface area contributed by atoms with Gasteiger partial charge in [-0.1, -0.05) is 44.9 Å². The Balaban J connectivity index is 2.57. The molecule has 4 heteroatoms. The number of halogens is 3. The van der Waals surface area contributed by atoms with E-state index in [-0.39, 0.29) is 0 Å². The number of unbranched alkanes of at least 4 members (excludes halogenated alkanes) is 1. The van der Waals surface area contributed by atoms with Crippen LogP contribution in [0, 0.1) is 0 Å². The first-order chi connectivity index (χ1) is 8.97. The van der Waals surface area contributed by atoms with Crippen LogP contribution < -0.4 is 5.32 Å². The van der Waals surface area contributed by atoms with Gasteiger partial charge in [0.05, 0.1) is 5.56 Å². The molecule has 1 N–H and O–H groups in total. The van der Waals surface area contributed by atoms with Crippen LogP contribution in [0.15, 0.2) is 24.3 Å². The fraction of sp³-hybridized carbons (Fsp3) is 0.600. The fourth-order valence-electron chi connectivity index (χ4n) is 2.02. The molecule has 0 amide bonds. The third-order valence-corrected chi connectivity index (χ3v) is 3.25. The lowest BCUT2D eigenvalue weighted by Crippen LogP contribution is -2.27. The van der Waals surface area contributed by atoms with Crippen LogP contribution in [0.2, 0.25) is 0 Å². The molecular weight excluding hydrogens is 251 g/mol. The second-order valence-electron chi connectivity index (χ2n) is 4.83. The van der Waals surface area contributed by atoms with Crippen LogP contribution in [0.1, 0.15) is 50.7 Å². The van der Waals surface area contributed by atoms with Crippen LogP contribution in [-0.2, 0) is 12.7 Å². The molecular formula is C15H22F3N. The highest BCUT2D eigenvalue weighted by Crippen LogP contribution is 2.29. The van der Waals surface area contributed by atoms with Crippen molar-refractivity contribution in [1.29, 1.82) is 0 Å². The lowest BCUT2D eigenvalue weighted by atomic mass is 10.1. The number of hydrogen-bond acceptors (Lipinski definition) is 1. The Morgan fingerprint density at radius 1 is 1.21 bits per heavy atom. The van der Waals surface area contributed by atoms with E-state index in [1.807, 2.05) is 0 Å². The summed E-state index contributed by atoms with van der Waals surface area (Å²) in [6.07, 6.45) is 0.100. The maximum absolute atomic E-state index is 12.6. The van der Waals surface area contributed by atoms with Crippen LogP contribution >= 0.6 is 0 Å². The molecule has 19 heavy (non-hydrogen) atoms. The lowest BCUT2D eigenvalue weighted by Gasteiger charge is -2.17. The molecule has 0 bridgehead atoms. The van der Waals surface area contributed by atoms with Crippen molar-refractivity contribution in [1.82, 2.24) is 5.32 Å². The van der Waals surface area contributed by atoms with Crippen LogP contribution in [0.4, 0.5) is 13.2 Å².